The molecule has 1 aromatic carbocycles. The fourth-order valence-corrected chi connectivity index (χ4v) is 1.89. The Morgan fingerprint density at radius 3 is 2.17 bits per heavy atom. The molecule has 12 heavy (non-hydrogen) atoms. The van der Waals surface area contributed by atoms with Crippen molar-refractivity contribution in [1.82, 2.24) is 0 Å². The molecule has 2 N–H and O–H groups in total. The van der Waals surface area contributed by atoms with Crippen LogP contribution in [0.1, 0.15) is 24.8 Å². The van der Waals surface area contributed by atoms with Crippen molar-refractivity contribution in [3.8, 4) is 0 Å². The molecule has 0 atom stereocenters. The third-order valence-corrected chi connectivity index (χ3v) is 3.19. The Morgan fingerprint density at radius 2 is 1.75 bits per heavy atom. The molecule has 1 aliphatic rings. The van der Waals surface area contributed by atoms with Crippen molar-refractivity contribution in [2.75, 3.05) is 0 Å². The maximum atomic E-state index is 6.16. The van der Waals surface area contributed by atoms with Gasteiger partial charge in [-0.1, -0.05) is 28.1 Å². The predicted octanol–water partition coefficient (Wildman–Crippen LogP) is 2.79. The van der Waals surface area contributed by atoms with E-state index in [2.05, 4.69) is 40.2 Å². The first-order valence-electron chi connectivity index (χ1n) is 4.26. The van der Waals surface area contributed by atoms with Crippen molar-refractivity contribution in [2.45, 2.75) is 24.8 Å². The van der Waals surface area contributed by atoms with Gasteiger partial charge in [0.1, 0.15) is 0 Å². The average Bonchev–Trinajstić information content (AvgIpc) is 2.02. The maximum absolute atomic E-state index is 6.16. The summed E-state index contributed by atoms with van der Waals surface area (Å²) in [6, 6.07) is 8.34. The molecule has 1 fully saturated rings. The molecule has 0 amide bonds. The average molecular weight is 226 g/mol. The largest absolute Gasteiger partial charge is 0.321 e. The Hall–Kier alpha value is -0.340. The molecular formula is C10H12BrN. The van der Waals surface area contributed by atoms with E-state index < -0.39 is 0 Å². The van der Waals surface area contributed by atoms with Gasteiger partial charge >= 0.3 is 0 Å². The van der Waals surface area contributed by atoms with Crippen molar-refractivity contribution in [2.24, 2.45) is 5.73 Å². The van der Waals surface area contributed by atoms with Gasteiger partial charge in [0.2, 0.25) is 0 Å². The molecule has 1 aliphatic carbocycles. The summed E-state index contributed by atoms with van der Waals surface area (Å²) in [6.45, 7) is 0. The monoisotopic (exact) mass is 225 g/mol. The first-order chi connectivity index (χ1) is 5.71. The van der Waals surface area contributed by atoms with Crippen LogP contribution in [0.2, 0.25) is 0 Å². The van der Waals surface area contributed by atoms with E-state index in [0.29, 0.717) is 0 Å². The molecule has 2 heteroatoms. The predicted molar refractivity (Wildman–Crippen MR) is 53.9 cm³/mol. The minimum absolute atomic E-state index is 0.0132. The topological polar surface area (TPSA) is 26.0 Å². The van der Waals surface area contributed by atoms with Gasteiger partial charge in [-0.15, -0.1) is 0 Å². The number of hydrogen-bond donors (Lipinski definition) is 1. The summed E-state index contributed by atoms with van der Waals surface area (Å²) in [4.78, 5) is 0. The van der Waals surface area contributed by atoms with Crippen LogP contribution in [0, 0.1) is 0 Å². The molecule has 0 saturated heterocycles. The van der Waals surface area contributed by atoms with Gasteiger partial charge in [-0.05, 0) is 37.0 Å². The van der Waals surface area contributed by atoms with Crippen LogP contribution in [0.15, 0.2) is 28.7 Å². The van der Waals surface area contributed by atoms with E-state index >= 15 is 0 Å². The van der Waals surface area contributed by atoms with E-state index in [1.54, 1.807) is 0 Å². The van der Waals surface area contributed by atoms with Crippen molar-refractivity contribution in [3.05, 3.63) is 34.3 Å². The lowest BCUT2D eigenvalue weighted by molar-refractivity contribution is 0.253. The van der Waals surface area contributed by atoms with E-state index in [1.165, 1.54) is 12.0 Å². The second kappa shape index (κ2) is 2.86. The van der Waals surface area contributed by atoms with E-state index in [4.69, 9.17) is 5.73 Å². The molecule has 0 spiro atoms. The summed E-state index contributed by atoms with van der Waals surface area (Å²) in [5.41, 5.74) is 7.42. The highest BCUT2D eigenvalue weighted by atomic mass is 79.9. The standard InChI is InChI=1S/C10H12BrN/c11-9-4-2-8(3-5-9)10(12)6-1-7-10/h2-5H,1,6-7,12H2. The van der Waals surface area contributed by atoms with Gasteiger partial charge in [-0.25, -0.2) is 0 Å². The van der Waals surface area contributed by atoms with E-state index in [1.807, 2.05) is 0 Å². The van der Waals surface area contributed by atoms with Gasteiger partial charge in [-0.3, -0.25) is 0 Å². The second-order valence-electron chi connectivity index (χ2n) is 3.52. The fourth-order valence-electron chi connectivity index (χ4n) is 1.63. The molecular weight excluding hydrogens is 214 g/mol. The van der Waals surface area contributed by atoms with E-state index in [-0.39, 0.29) is 5.54 Å². The van der Waals surface area contributed by atoms with Crippen molar-refractivity contribution < 1.29 is 0 Å². The van der Waals surface area contributed by atoms with Crippen LogP contribution in [0.3, 0.4) is 0 Å². The molecule has 0 bridgehead atoms. The Morgan fingerprint density at radius 1 is 1.17 bits per heavy atom. The van der Waals surface area contributed by atoms with Crippen LogP contribution in [0.5, 0.6) is 0 Å². The number of nitrogens with two attached hydrogens (primary N) is 1. The summed E-state index contributed by atoms with van der Waals surface area (Å²) in [5.74, 6) is 0. The van der Waals surface area contributed by atoms with Gasteiger partial charge in [-0.2, -0.15) is 0 Å². The van der Waals surface area contributed by atoms with Gasteiger partial charge in [0, 0.05) is 10.0 Å². The van der Waals surface area contributed by atoms with Crippen molar-refractivity contribution in [3.63, 3.8) is 0 Å². The molecule has 0 heterocycles. The smallest absolute Gasteiger partial charge is 0.0409 e. The van der Waals surface area contributed by atoms with Crippen LogP contribution in [0.4, 0.5) is 0 Å². The Kier molecular flexibility index (Phi) is 1.97. The second-order valence-corrected chi connectivity index (χ2v) is 4.43. The van der Waals surface area contributed by atoms with Crippen LogP contribution in [-0.2, 0) is 5.54 Å². The quantitative estimate of drug-likeness (QED) is 0.782. The van der Waals surface area contributed by atoms with Crippen LogP contribution in [0.25, 0.3) is 0 Å². The molecule has 2 rings (SSSR count). The number of benzene rings is 1. The molecule has 1 nitrogen and oxygen atoms in total. The van der Waals surface area contributed by atoms with Gasteiger partial charge in [0.25, 0.3) is 0 Å². The van der Waals surface area contributed by atoms with E-state index in [9.17, 15) is 0 Å². The fraction of sp³-hybridized carbons (Fsp3) is 0.400. The number of rotatable bonds is 1. The van der Waals surface area contributed by atoms with Crippen LogP contribution < -0.4 is 5.73 Å². The molecule has 0 radical (unpaired) electrons. The Balaban J connectivity index is 2.28. The summed E-state index contributed by atoms with van der Waals surface area (Å²) in [7, 11) is 0. The highest BCUT2D eigenvalue weighted by Crippen LogP contribution is 2.38. The summed E-state index contributed by atoms with van der Waals surface area (Å²) in [5, 5.41) is 0. The summed E-state index contributed by atoms with van der Waals surface area (Å²) < 4.78 is 1.12. The molecule has 0 unspecified atom stereocenters. The zero-order chi connectivity index (χ0) is 8.60. The van der Waals surface area contributed by atoms with Gasteiger partial charge < -0.3 is 5.73 Å². The van der Waals surface area contributed by atoms with Crippen molar-refractivity contribution >= 4 is 15.9 Å². The minimum atomic E-state index is -0.0132. The third-order valence-electron chi connectivity index (χ3n) is 2.66. The first kappa shape index (κ1) is 8.27. The van der Waals surface area contributed by atoms with Gasteiger partial charge in [0.05, 0.1) is 0 Å². The number of hydrogen-bond acceptors (Lipinski definition) is 1. The lowest BCUT2D eigenvalue weighted by Gasteiger charge is -2.38. The van der Waals surface area contributed by atoms with Crippen LogP contribution >= 0.6 is 15.9 Å². The Bertz CT molecular complexity index is 274. The SMILES string of the molecule is NC1(c2ccc(Br)cc2)CCC1. The first-order valence-corrected chi connectivity index (χ1v) is 5.05. The highest BCUT2D eigenvalue weighted by molar-refractivity contribution is 9.10. The summed E-state index contributed by atoms with van der Waals surface area (Å²) in [6.07, 6.45) is 3.54. The van der Waals surface area contributed by atoms with Gasteiger partial charge in [0.15, 0.2) is 0 Å². The number of halogens is 1. The molecule has 0 aromatic heterocycles. The highest BCUT2D eigenvalue weighted by Gasteiger charge is 2.33. The molecule has 1 saturated carbocycles. The Labute approximate surface area is 81.1 Å². The minimum Gasteiger partial charge on any atom is -0.321 e. The zero-order valence-electron chi connectivity index (χ0n) is 6.89. The normalized spacial score (nSPS) is 20.2. The third kappa shape index (κ3) is 1.29. The zero-order valence-corrected chi connectivity index (χ0v) is 8.47. The van der Waals surface area contributed by atoms with E-state index in [0.717, 1.165) is 17.3 Å². The molecule has 0 aliphatic heterocycles. The van der Waals surface area contributed by atoms with Crippen molar-refractivity contribution in [1.29, 1.82) is 0 Å². The van der Waals surface area contributed by atoms with Crippen LogP contribution in [-0.4, -0.2) is 0 Å². The maximum Gasteiger partial charge on any atom is 0.0409 e. The lowest BCUT2D eigenvalue weighted by Crippen LogP contribution is -2.43. The molecule has 1 aromatic rings. The lowest BCUT2D eigenvalue weighted by atomic mass is 9.73. The molecule has 64 valence electrons. The summed E-state index contributed by atoms with van der Waals surface area (Å²) >= 11 is 3.41.